The van der Waals surface area contributed by atoms with E-state index in [1.807, 2.05) is 36.4 Å². The molecule has 0 saturated carbocycles. The predicted molar refractivity (Wildman–Crippen MR) is 104 cm³/mol. The zero-order chi connectivity index (χ0) is 16.3. The molecule has 0 radical (unpaired) electrons. The van der Waals surface area contributed by atoms with Crippen LogP contribution in [-0.4, -0.2) is 17.2 Å². The molecule has 0 spiro atoms. The molecule has 114 valence electrons. The van der Waals surface area contributed by atoms with Gasteiger partial charge in [0.1, 0.15) is 0 Å². The van der Waals surface area contributed by atoms with Crippen LogP contribution in [0.5, 0.6) is 0 Å². The smallest absolute Gasteiger partial charge is 0.423 e. The van der Waals surface area contributed by atoms with Crippen LogP contribution in [0.2, 0.25) is 0 Å². The largest absolute Gasteiger partial charge is 0.490 e. The third-order valence-electron chi connectivity index (χ3n) is 4.65. The van der Waals surface area contributed by atoms with Crippen LogP contribution in [0.3, 0.4) is 0 Å². The van der Waals surface area contributed by atoms with Crippen LogP contribution in [0.1, 0.15) is 0 Å². The molecule has 2 nitrogen and oxygen atoms in total. The molecule has 24 heavy (non-hydrogen) atoms. The Labute approximate surface area is 142 Å². The molecule has 0 aliphatic heterocycles. The van der Waals surface area contributed by atoms with E-state index in [-0.39, 0.29) is 0 Å². The lowest BCUT2D eigenvalue weighted by molar-refractivity contribution is 0.426. The molecule has 4 heteroatoms. The van der Waals surface area contributed by atoms with Crippen LogP contribution >= 0.6 is 11.3 Å². The summed E-state index contributed by atoms with van der Waals surface area (Å²) in [6, 6.07) is 22.7. The van der Waals surface area contributed by atoms with Crippen molar-refractivity contribution < 1.29 is 10.0 Å². The Morgan fingerprint density at radius 2 is 1.29 bits per heavy atom. The zero-order valence-electron chi connectivity index (χ0n) is 12.7. The molecule has 0 bridgehead atoms. The maximum atomic E-state index is 10.00. The second-order valence-electron chi connectivity index (χ2n) is 6.06. The minimum atomic E-state index is -1.49. The van der Waals surface area contributed by atoms with Crippen LogP contribution in [0.15, 0.2) is 66.7 Å². The van der Waals surface area contributed by atoms with Crippen LogP contribution in [0, 0.1) is 0 Å². The third-order valence-corrected chi connectivity index (χ3v) is 5.85. The SMILES string of the molecule is OB(O)c1c2ccccc2cc2c1sc1cc3ccccc3cc12. The van der Waals surface area contributed by atoms with Crippen molar-refractivity contribution in [1.82, 2.24) is 0 Å². The highest BCUT2D eigenvalue weighted by molar-refractivity contribution is 7.27. The standard InChI is InChI=1S/C20H13BO2S/c22-21(23)19-15-8-4-3-7-14(15)10-17-16-9-12-5-1-2-6-13(12)11-18(16)24-20(17)19/h1-11,22-23H. The Morgan fingerprint density at radius 3 is 2.04 bits per heavy atom. The van der Waals surface area contributed by atoms with Gasteiger partial charge in [-0.2, -0.15) is 0 Å². The highest BCUT2D eigenvalue weighted by Gasteiger charge is 2.21. The van der Waals surface area contributed by atoms with E-state index in [0.717, 1.165) is 20.9 Å². The number of hydrogen-bond donors (Lipinski definition) is 2. The van der Waals surface area contributed by atoms with E-state index in [2.05, 4.69) is 30.3 Å². The molecular weight excluding hydrogens is 315 g/mol. The topological polar surface area (TPSA) is 40.5 Å². The molecule has 0 fully saturated rings. The van der Waals surface area contributed by atoms with Crippen LogP contribution in [0.4, 0.5) is 0 Å². The van der Waals surface area contributed by atoms with Crippen LogP contribution in [-0.2, 0) is 0 Å². The van der Waals surface area contributed by atoms with E-state index in [9.17, 15) is 10.0 Å². The lowest BCUT2D eigenvalue weighted by Gasteiger charge is -2.07. The maximum absolute atomic E-state index is 10.00. The van der Waals surface area contributed by atoms with Gasteiger partial charge in [-0.1, -0.05) is 48.5 Å². The summed E-state index contributed by atoms with van der Waals surface area (Å²) in [5, 5.41) is 26.6. The van der Waals surface area contributed by atoms with E-state index < -0.39 is 7.12 Å². The molecule has 1 aromatic heterocycles. The van der Waals surface area contributed by atoms with Crippen molar-refractivity contribution in [2.75, 3.05) is 0 Å². The van der Waals surface area contributed by atoms with Crippen molar-refractivity contribution in [1.29, 1.82) is 0 Å². The summed E-state index contributed by atoms with van der Waals surface area (Å²) in [6.45, 7) is 0. The summed E-state index contributed by atoms with van der Waals surface area (Å²) in [7, 11) is -1.49. The fourth-order valence-corrected chi connectivity index (χ4v) is 4.84. The molecule has 5 rings (SSSR count). The summed E-state index contributed by atoms with van der Waals surface area (Å²) in [4.78, 5) is 0. The molecule has 0 saturated heterocycles. The molecule has 0 aliphatic rings. The van der Waals surface area contributed by atoms with Gasteiger partial charge >= 0.3 is 7.12 Å². The van der Waals surface area contributed by atoms with E-state index >= 15 is 0 Å². The lowest BCUT2D eigenvalue weighted by atomic mass is 9.76. The van der Waals surface area contributed by atoms with Crippen molar-refractivity contribution in [3.8, 4) is 0 Å². The summed E-state index contributed by atoms with van der Waals surface area (Å²) < 4.78 is 2.12. The van der Waals surface area contributed by atoms with E-state index in [1.165, 1.54) is 20.9 Å². The summed E-state index contributed by atoms with van der Waals surface area (Å²) in [6.07, 6.45) is 0. The Hall–Kier alpha value is -2.40. The van der Waals surface area contributed by atoms with Gasteiger partial charge in [0.05, 0.1) is 0 Å². The van der Waals surface area contributed by atoms with E-state index in [1.54, 1.807) is 11.3 Å². The predicted octanol–water partition coefficient (Wildman–Crippen LogP) is 4.04. The lowest BCUT2D eigenvalue weighted by Crippen LogP contribution is -2.30. The number of hydrogen-bond acceptors (Lipinski definition) is 3. The third kappa shape index (κ3) is 1.91. The second-order valence-corrected chi connectivity index (χ2v) is 7.11. The average molecular weight is 328 g/mol. The first-order valence-electron chi connectivity index (χ1n) is 7.85. The van der Waals surface area contributed by atoms with Gasteiger partial charge in [0, 0.05) is 25.6 Å². The summed E-state index contributed by atoms with van der Waals surface area (Å²) in [5.74, 6) is 0. The fourth-order valence-electron chi connectivity index (χ4n) is 3.55. The van der Waals surface area contributed by atoms with Gasteiger partial charge in [-0.3, -0.25) is 0 Å². The highest BCUT2D eigenvalue weighted by Crippen LogP contribution is 2.37. The number of benzene rings is 4. The quantitative estimate of drug-likeness (QED) is 0.456. The van der Waals surface area contributed by atoms with Gasteiger partial charge in [-0.15, -0.1) is 11.3 Å². The molecule has 1 heterocycles. The van der Waals surface area contributed by atoms with Crippen molar-refractivity contribution in [3.05, 3.63) is 66.7 Å². The Balaban J connectivity index is 2.04. The first-order valence-corrected chi connectivity index (χ1v) is 8.67. The first kappa shape index (κ1) is 14.0. The average Bonchev–Trinajstić information content (AvgIpc) is 2.94. The summed E-state index contributed by atoms with van der Waals surface area (Å²) in [5.41, 5.74) is 0.605. The number of fused-ring (bicyclic) bond motifs is 5. The minimum Gasteiger partial charge on any atom is -0.423 e. The van der Waals surface area contributed by atoms with Gasteiger partial charge < -0.3 is 10.0 Å². The molecule has 5 aromatic rings. The molecule has 4 aromatic carbocycles. The molecular formula is C20H13BO2S. The van der Waals surface area contributed by atoms with E-state index in [4.69, 9.17) is 0 Å². The maximum Gasteiger partial charge on any atom is 0.490 e. The van der Waals surface area contributed by atoms with Gasteiger partial charge in [0.2, 0.25) is 0 Å². The minimum absolute atomic E-state index is 0.605. The Morgan fingerprint density at radius 1 is 0.667 bits per heavy atom. The number of rotatable bonds is 1. The molecule has 0 atom stereocenters. The molecule has 0 aliphatic carbocycles. The van der Waals surface area contributed by atoms with Crippen LogP contribution < -0.4 is 5.46 Å². The molecule has 2 N–H and O–H groups in total. The zero-order valence-corrected chi connectivity index (χ0v) is 13.5. The summed E-state index contributed by atoms with van der Waals surface area (Å²) >= 11 is 1.63. The van der Waals surface area contributed by atoms with Crippen molar-refractivity contribution in [3.63, 3.8) is 0 Å². The normalized spacial score (nSPS) is 11.8. The van der Waals surface area contributed by atoms with Crippen molar-refractivity contribution >= 4 is 65.6 Å². The highest BCUT2D eigenvalue weighted by atomic mass is 32.1. The number of thiophene rings is 1. The van der Waals surface area contributed by atoms with Gasteiger partial charge in [0.15, 0.2) is 0 Å². The Bertz CT molecular complexity index is 1240. The monoisotopic (exact) mass is 328 g/mol. The van der Waals surface area contributed by atoms with Gasteiger partial charge in [0.25, 0.3) is 0 Å². The molecule has 0 unspecified atom stereocenters. The van der Waals surface area contributed by atoms with Gasteiger partial charge in [-0.05, 0) is 39.7 Å². The van der Waals surface area contributed by atoms with Crippen molar-refractivity contribution in [2.24, 2.45) is 0 Å². The van der Waals surface area contributed by atoms with E-state index in [0.29, 0.717) is 5.46 Å². The first-order chi connectivity index (χ1) is 11.7. The van der Waals surface area contributed by atoms with Crippen molar-refractivity contribution in [2.45, 2.75) is 0 Å². The van der Waals surface area contributed by atoms with Crippen LogP contribution in [0.25, 0.3) is 41.7 Å². The Kier molecular flexibility index (Phi) is 2.94. The van der Waals surface area contributed by atoms with Gasteiger partial charge in [-0.25, -0.2) is 0 Å². The second kappa shape index (κ2) is 5.05. The molecule has 0 amide bonds. The fraction of sp³-hybridized carbons (Fsp3) is 0.